The van der Waals surface area contributed by atoms with E-state index in [1.165, 1.54) is 12.8 Å². The van der Waals surface area contributed by atoms with Gasteiger partial charge in [-0.15, -0.1) is 0 Å². The molecule has 12 heavy (non-hydrogen) atoms. The second-order valence-corrected chi connectivity index (χ2v) is 5.27. The third-order valence-corrected chi connectivity index (χ3v) is 4.31. The van der Waals surface area contributed by atoms with Crippen LogP contribution in [-0.4, -0.2) is 16.7 Å². The van der Waals surface area contributed by atoms with Crippen LogP contribution in [0.2, 0.25) is 0 Å². The van der Waals surface area contributed by atoms with Crippen LogP contribution < -0.4 is 5.73 Å². The highest BCUT2D eigenvalue weighted by molar-refractivity contribution is 5.06. The van der Waals surface area contributed by atoms with Gasteiger partial charge in [0.15, 0.2) is 0 Å². The van der Waals surface area contributed by atoms with Crippen molar-refractivity contribution in [3.8, 4) is 0 Å². The molecule has 4 rings (SSSR count). The number of aliphatic hydroxyl groups is 1. The lowest BCUT2D eigenvalue weighted by atomic mass is 9.52. The third-order valence-electron chi connectivity index (χ3n) is 4.31. The predicted molar refractivity (Wildman–Crippen MR) is 46.5 cm³/mol. The van der Waals surface area contributed by atoms with Crippen molar-refractivity contribution in [3.63, 3.8) is 0 Å². The smallest absolute Gasteiger partial charge is 0.0657 e. The van der Waals surface area contributed by atoms with Gasteiger partial charge >= 0.3 is 0 Å². The molecule has 2 atom stereocenters. The fourth-order valence-electron chi connectivity index (χ4n) is 4.02. The predicted octanol–water partition coefficient (Wildman–Crippen LogP) is 0.885. The minimum atomic E-state index is -0.299. The molecule has 2 unspecified atom stereocenters. The summed E-state index contributed by atoms with van der Waals surface area (Å²) in [6.45, 7) is 0. The first-order chi connectivity index (χ1) is 5.66. The molecule has 4 fully saturated rings. The van der Waals surface area contributed by atoms with Gasteiger partial charge in [0.05, 0.1) is 5.60 Å². The van der Waals surface area contributed by atoms with Crippen LogP contribution in [0.4, 0.5) is 0 Å². The average Bonchev–Trinajstić information content (AvgIpc) is 1.96. The summed E-state index contributed by atoms with van der Waals surface area (Å²) in [5.41, 5.74) is 5.82. The molecule has 0 heterocycles. The zero-order valence-corrected chi connectivity index (χ0v) is 7.37. The zero-order valence-electron chi connectivity index (χ0n) is 7.37. The van der Waals surface area contributed by atoms with Gasteiger partial charge in [-0.05, 0) is 49.9 Å². The van der Waals surface area contributed by atoms with Crippen molar-refractivity contribution in [1.29, 1.82) is 0 Å². The summed E-state index contributed by atoms with van der Waals surface area (Å²) in [5.74, 6) is 2.08. The Balaban J connectivity index is 1.95. The third kappa shape index (κ3) is 0.826. The molecule has 2 heteroatoms. The average molecular weight is 167 g/mol. The molecule has 68 valence electrons. The monoisotopic (exact) mass is 167 g/mol. The molecular weight excluding hydrogens is 150 g/mol. The molecule has 2 nitrogen and oxygen atoms in total. The van der Waals surface area contributed by atoms with E-state index in [1.54, 1.807) is 0 Å². The molecule has 0 spiro atoms. The molecule has 4 aliphatic rings. The van der Waals surface area contributed by atoms with Crippen LogP contribution in [-0.2, 0) is 0 Å². The Kier molecular flexibility index (Phi) is 1.25. The van der Waals surface area contributed by atoms with E-state index in [1.807, 2.05) is 0 Å². The fraction of sp³-hybridized carbons (Fsp3) is 1.00. The lowest BCUT2D eigenvalue weighted by molar-refractivity contribution is -0.132. The molecule has 4 aliphatic carbocycles. The van der Waals surface area contributed by atoms with Gasteiger partial charge in [0.1, 0.15) is 0 Å². The molecular formula is C10H17NO. The molecule has 0 aromatic heterocycles. The van der Waals surface area contributed by atoms with Gasteiger partial charge in [0.25, 0.3) is 0 Å². The second kappa shape index (κ2) is 2.05. The summed E-state index contributed by atoms with van der Waals surface area (Å²) in [4.78, 5) is 0. The van der Waals surface area contributed by atoms with Crippen molar-refractivity contribution < 1.29 is 5.11 Å². The Labute approximate surface area is 73.1 Å². The van der Waals surface area contributed by atoms with Crippen LogP contribution in [0, 0.1) is 17.8 Å². The quantitative estimate of drug-likeness (QED) is 0.562. The molecule has 0 radical (unpaired) electrons. The lowest BCUT2D eigenvalue weighted by Gasteiger charge is -2.57. The summed E-state index contributed by atoms with van der Waals surface area (Å²) in [6, 6.07) is 0.404. The Morgan fingerprint density at radius 1 is 1.08 bits per heavy atom. The summed E-state index contributed by atoms with van der Waals surface area (Å²) in [6.07, 6.45) is 5.62. The molecule has 4 bridgehead atoms. The molecule has 0 aromatic carbocycles. The van der Waals surface area contributed by atoms with E-state index in [0.29, 0.717) is 17.9 Å². The van der Waals surface area contributed by atoms with Crippen molar-refractivity contribution in [2.75, 3.05) is 0 Å². The fourth-order valence-corrected chi connectivity index (χ4v) is 4.02. The van der Waals surface area contributed by atoms with Gasteiger partial charge in [-0.3, -0.25) is 0 Å². The minimum absolute atomic E-state index is 0.299. The molecule has 0 aromatic rings. The normalized spacial score (nSPS) is 62.5. The first-order valence-electron chi connectivity index (χ1n) is 5.14. The maximum Gasteiger partial charge on any atom is 0.0657 e. The Morgan fingerprint density at radius 3 is 2.17 bits per heavy atom. The van der Waals surface area contributed by atoms with E-state index >= 15 is 0 Å². The highest BCUT2D eigenvalue weighted by atomic mass is 16.3. The van der Waals surface area contributed by atoms with Crippen LogP contribution in [0.1, 0.15) is 32.1 Å². The standard InChI is InChI=1S/C10H17NO/c11-9-7-1-6-2-8(9)5-10(12,3-6)4-7/h6-9,12H,1-5,11H2/t6?,7?,8?,9-,10-. The first-order valence-corrected chi connectivity index (χ1v) is 5.14. The number of hydrogen-bond donors (Lipinski definition) is 2. The number of hydrogen-bond acceptors (Lipinski definition) is 2. The maximum atomic E-state index is 10.2. The summed E-state index contributed by atoms with van der Waals surface area (Å²) < 4.78 is 0. The van der Waals surface area contributed by atoms with Crippen LogP contribution >= 0.6 is 0 Å². The van der Waals surface area contributed by atoms with Gasteiger partial charge < -0.3 is 10.8 Å². The maximum absolute atomic E-state index is 10.2. The van der Waals surface area contributed by atoms with Crippen molar-refractivity contribution in [2.45, 2.75) is 43.7 Å². The van der Waals surface area contributed by atoms with E-state index in [-0.39, 0.29) is 5.60 Å². The summed E-state index contributed by atoms with van der Waals surface area (Å²) >= 11 is 0. The van der Waals surface area contributed by atoms with Crippen molar-refractivity contribution in [1.82, 2.24) is 0 Å². The Morgan fingerprint density at radius 2 is 1.67 bits per heavy atom. The van der Waals surface area contributed by atoms with E-state index in [0.717, 1.165) is 25.2 Å². The van der Waals surface area contributed by atoms with E-state index in [4.69, 9.17) is 5.73 Å². The van der Waals surface area contributed by atoms with Crippen LogP contribution in [0.5, 0.6) is 0 Å². The van der Waals surface area contributed by atoms with Gasteiger partial charge in [0.2, 0.25) is 0 Å². The zero-order chi connectivity index (χ0) is 8.34. The van der Waals surface area contributed by atoms with Gasteiger partial charge in [0, 0.05) is 6.04 Å². The topological polar surface area (TPSA) is 46.2 Å². The molecule has 0 aliphatic heterocycles. The van der Waals surface area contributed by atoms with E-state index in [2.05, 4.69) is 0 Å². The Hall–Kier alpha value is -0.0800. The van der Waals surface area contributed by atoms with Crippen molar-refractivity contribution in [3.05, 3.63) is 0 Å². The highest BCUT2D eigenvalue weighted by Gasteiger charge is 2.53. The van der Waals surface area contributed by atoms with Crippen LogP contribution in [0.3, 0.4) is 0 Å². The number of nitrogens with two attached hydrogens (primary N) is 1. The van der Waals surface area contributed by atoms with Gasteiger partial charge in [-0.25, -0.2) is 0 Å². The number of rotatable bonds is 0. The van der Waals surface area contributed by atoms with Crippen LogP contribution in [0.25, 0.3) is 0 Å². The molecule has 4 saturated carbocycles. The Bertz CT molecular complexity index is 200. The van der Waals surface area contributed by atoms with Crippen LogP contribution in [0.15, 0.2) is 0 Å². The molecule has 3 N–H and O–H groups in total. The van der Waals surface area contributed by atoms with Crippen molar-refractivity contribution >= 4 is 0 Å². The molecule has 0 amide bonds. The first kappa shape index (κ1) is 7.34. The van der Waals surface area contributed by atoms with Crippen molar-refractivity contribution in [2.24, 2.45) is 23.5 Å². The summed E-state index contributed by atoms with van der Waals surface area (Å²) in [7, 11) is 0. The largest absolute Gasteiger partial charge is 0.390 e. The minimum Gasteiger partial charge on any atom is -0.390 e. The van der Waals surface area contributed by atoms with Gasteiger partial charge in [-0.2, -0.15) is 0 Å². The highest BCUT2D eigenvalue weighted by Crippen LogP contribution is 2.54. The van der Waals surface area contributed by atoms with E-state index < -0.39 is 0 Å². The van der Waals surface area contributed by atoms with E-state index in [9.17, 15) is 5.11 Å². The second-order valence-electron chi connectivity index (χ2n) is 5.27. The van der Waals surface area contributed by atoms with Gasteiger partial charge in [-0.1, -0.05) is 0 Å². The molecule has 0 saturated heterocycles. The lowest BCUT2D eigenvalue weighted by Crippen LogP contribution is -2.59. The SMILES string of the molecule is N[C@H]1C2CC3CC1C[C@](O)(C3)C2. The summed E-state index contributed by atoms with van der Waals surface area (Å²) in [5, 5.41) is 10.2.